The Morgan fingerprint density at radius 1 is 1.62 bits per heavy atom. The van der Waals surface area contributed by atoms with E-state index in [0.29, 0.717) is 6.04 Å². The lowest BCUT2D eigenvalue weighted by atomic mass is 10.0. The zero-order chi connectivity index (χ0) is 9.10. The molecule has 0 bridgehead atoms. The Balaban J connectivity index is 2.13. The standard InChI is InChI=1S/C9H16N4/c1-2-13-7-11-12-9(13)8-5-3-4-6-10-8/h7-8,10H,2-6H2,1H3/t8-/m1/s1. The van der Waals surface area contributed by atoms with Crippen molar-refractivity contribution in [3.05, 3.63) is 12.2 Å². The largest absolute Gasteiger partial charge is 0.317 e. The first-order valence-electron chi connectivity index (χ1n) is 5.03. The summed E-state index contributed by atoms with van der Waals surface area (Å²) < 4.78 is 2.11. The van der Waals surface area contributed by atoms with Crippen LogP contribution in [0.1, 0.15) is 38.1 Å². The molecule has 2 heterocycles. The summed E-state index contributed by atoms with van der Waals surface area (Å²) in [5.41, 5.74) is 0. The summed E-state index contributed by atoms with van der Waals surface area (Å²) in [7, 11) is 0. The molecule has 0 aromatic carbocycles. The molecule has 0 spiro atoms. The molecule has 1 atom stereocenters. The molecular weight excluding hydrogens is 164 g/mol. The Morgan fingerprint density at radius 3 is 3.23 bits per heavy atom. The molecule has 2 rings (SSSR count). The van der Waals surface area contributed by atoms with Gasteiger partial charge in [-0.1, -0.05) is 6.42 Å². The summed E-state index contributed by atoms with van der Waals surface area (Å²) in [6.45, 7) is 4.19. The quantitative estimate of drug-likeness (QED) is 0.741. The van der Waals surface area contributed by atoms with E-state index in [4.69, 9.17) is 0 Å². The summed E-state index contributed by atoms with van der Waals surface area (Å²) in [6, 6.07) is 0.427. The van der Waals surface area contributed by atoms with Gasteiger partial charge in [0.25, 0.3) is 0 Å². The zero-order valence-electron chi connectivity index (χ0n) is 8.03. The summed E-state index contributed by atoms with van der Waals surface area (Å²) in [5, 5.41) is 11.6. The summed E-state index contributed by atoms with van der Waals surface area (Å²) in [5.74, 6) is 1.10. The molecule has 0 saturated carbocycles. The molecule has 1 fully saturated rings. The number of piperidine rings is 1. The van der Waals surface area contributed by atoms with Gasteiger partial charge in [-0.3, -0.25) is 0 Å². The third kappa shape index (κ3) is 1.72. The van der Waals surface area contributed by atoms with Crippen molar-refractivity contribution in [2.24, 2.45) is 0 Å². The zero-order valence-corrected chi connectivity index (χ0v) is 8.03. The van der Waals surface area contributed by atoms with Crippen LogP contribution in [-0.4, -0.2) is 21.3 Å². The number of aryl methyl sites for hydroxylation is 1. The van der Waals surface area contributed by atoms with Gasteiger partial charge in [-0.2, -0.15) is 0 Å². The van der Waals surface area contributed by atoms with Crippen molar-refractivity contribution < 1.29 is 0 Å². The topological polar surface area (TPSA) is 42.7 Å². The maximum Gasteiger partial charge on any atom is 0.149 e. The van der Waals surface area contributed by atoms with E-state index in [1.165, 1.54) is 19.3 Å². The predicted molar refractivity (Wildman–Crippen MR) is 50.3 cm³/mol. The normalized spacial score (nSPS) is 23.3. The Hall–Kier alpha value is -0.900. The van der Waals surface area contributed by atoms with E-state index in [1.807, 2.05) is 6.33 Å². The number of hydrogen-bond donors (Lipinski definition) is 1. The highest BCUT2D eigenvalue weighted by atomic mass is 15.3. The molecule has 72 valence electrons. The third-order valence-corrected chi connectivity index (χ3v) is 2.61. The van der Waals surface area contributed by atoms with E-state index in [1.54, 1.807) is 0 Å². The summed E-state index contributed by atoms with van der Waals surface area (Å²) in [4.78, 5) is 0. The average molecular weight is 180 g/mol. The monoisotopic (exact) mass is 180 g/mol. The van der Waals surface area contributed by atoms with Crippen molar-refractivity contribution in [2.75, 3.05) is 6.54 Å². The van der Waals surface area contributed by atoms with Gasteiger partial charge in [0.05, 0.1) is 6.04 Å². The van der Waals surface area contributed by atoms with Crippen LogP contribution in [0.15, 0.2) is 6.33 Å². The Bertz CT molecular complexity index is 262. The Morgan fingerprint density at radius 2 is 2.54 bits per heavy atom. The lowest BCUT2D eigenvalue weighted by Crippen LogP contribution is -2.29. The van der Waals surface area contributed by atoms with Crippen LogP contribution in [-0.2, 0) is 6.54 Å². The lowest BCUT2D eigenvalue weighted by molar-refractivity contribution is 0.386. The van der Waals surface area contributed by atoms with Gasteiger partial charge in [0.15, 0.2) is 0 Å². The van der Waals surface area contributed by atoms with Gasteiger partial charge in [-0.05, 0) is 26.3 Å². The second kappa shape index (κ2) is 3.87. The predicted octanol–water partition coefficient (Wildman–Crippen LogP) is 1.11. The van der Waals surface area contributed by atoms with Crippen molar-refractivity contribution in [2.45, 2.75) is 38.8 Å². The van der Waals surface area contributed by atoms with Gasteiger partial charge in [-0.15, -0.1) is 10.2 Å². The molecule has 1 aromatic rings. The average Bonchev–Trinajstić information content (AvgIpc) is 2.67. The molecule has 1 saturated heterocycles. The highest BCUT2D eigenvalue weighted by Gasteiger charge is 2.19. The number of nitrogens with zero attached hydrogens (tertiary/aromatic N) is 3. The van der Waals surface area contributed by atoms with E-state index >= 15 is 0 Å². The lowest BCUT2D eigenvalue weighted by Gasteiger charge is -2.22. The number of rotatable bonds is 2. The van der Waals surface area contributed by atoms with E-state index < -0.39 is 0 Å². The van der Waals surface area contributed by atoms with Crippen molar-refractivity contribution >= 4 is 0 Å². The van der Waals surface area contributed by atoms with Crippen LogP contribution in [0.5, 0.6) is 0 Å². The third-order valence-electron chi connectivity index (χ3n) is 2.61. The minimum Gasteiger partial charge on any atom is -0.317 e. The minimum absolute atomic E-state index is 0.427. The molecule has 1 aliphatic heterocycles. The second-order valence-electron chi connectivity index (χ2n) is 3.48. The minimum atomic E-state index is 0.427. The maximum absolute atomic E-state index is 4.16. The highest BCUT2D eigenvalue weighted by Crippen LogP contribution is 2.20. The van der Waals surface area contributed by atoms with E-state index in [-0.39, 0.29) is 0 Å². The molecule has 0 unspecified atom stereocenters. The fraction of sp³-hybridized carbons (Fsp3) is 0.778. The van der Waals surface area contributed by atoms with Crippen LogP contribution in [0.25, 0.3) is 0 Å². The molecule has 1 aromatic heterocycles. The fourth-order valence-electron chi connectivity index (χ4n) is 1.85. The van der Waals surface area contributed by atoms with Gasteiger partial charge in [-0.25, -0.2) is 0 Å². The first-order chi connectivity index (χ1) is 6.42. The Kier molecular flexibility index (Phi) is 2.59. The molecule has 0 radical (unpaired) electrons. The Labute approximate surface area is 78.4 Å². The van der Waals surface area contributed by atoms with E-state index in [2.05, 4.69) is 27.0 Å². The number of hydrogen-bond acceptors (Lipinski definition) is 3. The van der Waals surface area contributed by atoms with E-state index in [9.17, 15) is 0 Å². The number of aromatic nitrogens is 3. The molecule has 0 aliphatic carbocycles. The molecule has 1 N–H and O–H groups in total. The smallest absolute Gasteiger partial charge is 0.149 e. The molecule has 4 nitrogen and oxygen atoms in total. The van der Waals surface area contributed by atoms with Crippen molar-refractivity contribution in [3.63, 3.8) is 0 Å². The van der Waals surface area contributed by atoms with Gasteiger partial charge < -0.3 is 9.88 Å². The van der Waals surface area contributed by atoms with Gasteiger partial charge in [0, 0.05) is 6.54 Å². The maximum atomic E-state index is 4.16. The highest BCUT2D eigenvalue weighted by molar-refractivity contribution is 4.96. The van der Waals surface area contributed by atoms with Crippen molar-refractivity contribution in [1.82, 2.24) is 20.1 Å². The van der Waals surface area contributed by atoms with Crippen LogP contribution in [0, 0.1) is 0 Å². The summed E-state index contributed by atoms with van der Waals surface area (Å²) >= 11 is 0. The van der Waals surface area contributed by atoms with Crippen molar-refractivity contribution in [3.8, 4) is 0 Å². The fourth-order valence-corrected chi connectivity index (χ4v) is 1.85. The first kappa shape index (κ1) is 8.69. The molecule has 1 aliphatic rings. The van der Waals surface area contributed by atoms with Crippen LogP contribution >= 0.6 is 0 Å². The van der Waals surface area contributed by atoms with Gasteiger partial charge >= 0.3 is 0 Å². The molecular formula is C9H16N4. The molecule has 0 amide bonds. The SMILES string of the molecule is CCn1cnnc1[C@H]1CCCCN1. The number of nitrogens with one attached hydrogen (secondary N) is 1. The second-order valence-corrected chi connectivity index (χ2v) is 3.48. The molecule has 13 heavy (non-hydrogen) atoms. The van der Waals surface area contributed by atoms with Crippen LogP contribution in [0.4, 0.5) is 0 Å². The van der Waals surface area contributed by atoms with E-state index in [0.717, 1.165) is 18.9 Å². The van der Waals surface area contributed by atoms with Crippen molar-refractivity contribution in [1.29, 1.82) is 0 Å². The van der Waals surface area contributed by atoms with Gasteiger partial charge in [0.2, 0.25) is 0 Å². The summed E-state index contributed by atoms with van der Waals surface area (Å²) in [6.07, 6.45) is 5.59. The van der Waals surface area contributed by atoms with Crippen LogP contribution < -0.4 is 5.32 Å². The van der Waals surface area contributed by atoms with Gasteiger partial charge in [0.1, 0.15) is 12.2 Å². The first-order valence-corrected chi connectivity index (χ1v) is 5.03. The molecule has 4 heteroatoms. The van der Waals surface area contributed by atoms with Crippen LogP contribution in [0.2, 0.25) is 0 Å². The van der Waals surface area contributed by atoms with Crippen LogP contribution in [0.3, 0.4) is 0 Å².